The number of likely N-dealkylation sites (N-methyl/N-ethyl adjacent to an activating group) is 1. The average Bonchev–Trinajstić information content (AvgIpc) is 2.27. The van der Waals surface area contributed by atoms with Gasteiger partial charge in [-0.2, -0.15) is 0 Å². The molecule has 4 heteroatoms. The molecule has 0 saturated carbocycles. The number of nitrogens with zero attached hydrogens (tertiary/aromatic N) is 1. The molecule has 0 aliphatic carbocycles. The molecule has 2 nitrogen and oxygen atoms in total. The van der Waals surface area contributed by atoms with Crippen molar-refractivity contribution in [2.75, 3.05) is 20.1 Å². The van der Waals surface area contributed by atoms with Crippen LogP contribution in [-0.4, -0.2) is 30.8 Å². The van der Waals surface area contributed by atoms with Crippen molar-refractivity contribution in [2.24, 2.45) is 0 Å². The molecule has 0 aliphatic rings. The summed E-state index contributed by atoms with van der Waals surface area (Å²) in [5.41, 5.74) is 0.703. The van der Waals surface area contributed by atoms with Crippen LogP contribution < -0.4 is 0 Å². The van der Waals surface area contributed by atoms with Gasteiger partial charge in [-0.05, 0) is 44.2 Å². The first-order valence-electron chi connectivity index (χ1n) is 5.61. The lowest BCUT2D eigenvalue weighted by Gasteiger charge is -2.15. The molecule has 1 aromatic carbocycles. The van der Waals surface area contributed by atoms with Gasteiger partial charge in [0.2, 0.25) is 0 Å². The molecule has 0 radical (unpaired) electrons. The van der Waals surface area contributed by atoms with E-state index >= 15 is 0 Å². The molecular weight excluding hydrogens is 285 g/mol. The summed E-state index contributed by atoms with van der Waals surface area (Å²) in [5.74, 6) is 0.0126. The second kappa shape index (κ2) is 6.87. The molecule has 0 atom stereocenters. The Balaban J connectivity index is 2.44. The Labute approximate surface area is 110 Å². The molecule has 0 N–H and O–H groups in total. The summed E-state index contributed by atoms with van der Waals surface area (Å²) in [5, 5.41) is 0. The standard InChI is InChI=1S/C13H17BrFNO/c1-10(17)5-7-16(2)8-6-11-9-12(14)3-4-13(11)15/h3-4,9H,5-8H2,1-2H3. The fraction of sp³-hybridized carbons (Fsp3) is 0.462. The molecule has 0 fully saturated rings. The lowest BCUT2D eigenvalue weighted by Crippen LogP contribution is -2.24. The zero-order chi connectivity index (χ0) is 12.8. The fourth-order valence-corrected chi connectivity index (χ4v) is 1.91. The lowest BCUT2D eigenvalue weighted by atomic mass is 10.1. The van der Waals surface area contributed by atoms with Gasteiger partial charge in [-0.15, -0.1) is 0 Å². The van der Waals surface area contributed by atoms with Gasteiger partial charge in [0.15, 0.2) is 0 Å². The summed E-state index contributed by atoms with van der Waals surface area (Å²) in [6.45, 7) is 3.06. The lowest BCUT2D eigenvalue weighted by molar-refractivity contribution is -0.117. The smallest absolute Gasteiger partial charge is 0.131 e. The van der Waals surface area contributed by atoms with Gasteiger partial charge in [0.1, 0.15) is 11.6 Å². The Bertz CT molecular complexity index is 395. The van der Waals surface area contributed by atoms with Gasteiger partial charge in [-0.25, -0.2) is 4.39 Å². The molecule has 0 amide bonds. The van der Waals surface area contributed by atoms with Crippen LogP contribution in [0.15, 0.2) is 22.7 Å². The third-order valence-corrected chi connectivity index (χ3v) is 3.11. The molecule has 94 valence electrons. The van der Waals surface area contributed by atoms with Crippen LogP contribution in [0.25, 0.3) is 0 Å². The predicted molar refractivity (Wildman–Crippen MR) is 70.6 cm³/mol. The van der Waals surface area contributed by atoms with E-state index in [1.807, 2.05) is 11.9 Å². The Morgan fingerprint density at radius 2 is 2.12 bits per heavy atom. The molecule has 0 saturated heterocycles. The number of carbonyl (C=O) groups is 1. The summed E-state index contributed by atoms with van der Waals surface area (Å²) >= 11 is 3.33. The van der Waals surface area contributed by atoms with E-state index < -0.39 is 0 Å². The quantitative estimate of drug-likeness (QED) is 0.805. The van der Waals surface area contributed by atoms with Gasteiger partial charge in [-0.3, -0.25) is 4.79 Å². The molecular formula is C13H17BrFNO. The number of Topliss-reactive ketones (excluding diaryl/α,β-unsaturated/α-hetero) is 1. The van der Waals surface area contributed by atoms with Crippen LogP contribution in [-0.2, 0) is 11.2 Å². The highest BCUT2D eigenvalue weighted by Crippen LogP contribution is 2.16. The third-order valence-electron chi connectivity index (χ3n) is 2.62. The Kier molecular flexibility index (Phi) is 5.78. The maximum atomic E-state index is 13.4. The normalized spacial score (nSPS) is 10.9. The molecule has 0 aromatic heterocycles. The van der Waals surface area contributed by atoms with E-state index in [4.69, 9.17) is 0 Å². The first-order chi connectivity index (χ1) is 7.99. The Morgan fingerprint density at radius 3 is 2.76 bits per heavy atom. The topological polar surface area (TPSA) is 20.3 Å². The van der Waals surface area contributed by atoms with Gasteiger partial charge in [0.05, 0.1) is 0 Å². The number of hydrogen-bond acceptors (Lipinski definition) is 2. The molecule has 0 bridgehead atoms. The fourth-order valence-electron chi connectivity index (χ4n) is 1.51. The van der Waals surface area contributed by atoms with Crippen LogP contribution >= 0.6 is 15.9 Å². The van der Waals surface area contributed by atoms with Crippen LogP contribution in [0.2, 0.25) is 0 Å². The van der Waals surface area contributed by atoms with E-state index in [0.29, 0.717) is 18.4 Å². The SMILES string of the molecule is CC(=O)CCN(C)CCc1cc(Br)ccc1F. The summed E-state index contributed by atoms with van der Waals surface area (Å²) in [4.78, 5) is 12.9. The van der Waals surface area contributed by atoms with Gasteiger partial charge < -0.3 is 4.90 Å². The van der Waals surface area contributed by atoms with Crippen molar-refractivity contribution in [2.45, 2.75) is 19.8 Å². The average molecular weight is 302 g/mol. The summed E-state index contributed by atoms with van der Waals surface area (Å²) < 4.78 is 14.3. The van der Waals surface area contributed by atoms with E-state index in [1.54, 1.807) is 19.1 Å². The largest absolute Gasteiger partial charge is 0.306 e. The summed E-state index contributed by atoms with van der Waals surface area (Å²) in [6, 6.07) is 4.96. The van der Waals surface area contributed by atoms with Crippen molar-refractivity contribution >= 4 is 21.7 Å². The zero-order valence-electron chi connectivity index (χ0n) is 10.2. The van der Waals surface area contributed by atoms with Crippen molar-refractivity contribution in [1.82, 2.24) is 4.90 Å². The van der Waals surface area contributed by atoms with E-state index in [0.717, 1.165) is 17.6 Å². The van der Waals surface area contributed by atoms with Crippen LogP contribution in [0.3, 0.4) is 0 Å². The molecule has 0 spiro atoms. The Hall–Kier alpha value is -0.740. The van der Waals surface area contributed by atoms with Crippen molar-refractivity contribution in [3.63, 3.8) is 0 Å². The Morgan fingerprint density at radius 1 is 1.41 bits per heavy atom. The number of hydrogen-bond donors (Lipinski definition) is 0. The zero-order valence-corrected chi connectivity index (χ0v) is 11.8. The second-order valence-corrected chi connectivity index (χ2v) is 5.16. The van der Waals surface area contributed by atoms with Crippen LogP contribution in [0.4, 0.5) is 4.39 Å². The minimum absolute atomic E-state index is 0.173. The number of halogens is 2. The van der Waals surface area contributed by atoms with E-state index in [-0.39, 0.29) is 11.6 Å². The van der Waals surface area contributed by atoms with Crippen molar-refractivity contribution in [3.05, 3.63) is 34.1 Å². The van der Waals surface area contributed by atoms with Crippen molar-refractivity contribution in [3.8, 4) is 0 Å². The minimum atomic E-state index is -0.173. The first-order valence-corrected chi connectivity index (χ1v) is 6.40. The maximum absolute atomic E-state index is 13.4. The predicted octanol–water partition coefficient (Wildman–Crippen LogP) is 3.04. The number of benzene rings is 1. The van der Waals surface area contributed by atoms with Crippen molar-refractivity contribution in [1.29, 1.82) is 0 Å². The van der Waals surface area contributed by atoms with Crippen LogP contribution in [0.5, 0.6) is 0 Å². The van der Waals surface area contributed by atoms with E-state index in [9.17, 15) is 9.18 Å². The molecule has 17 heavy (non-hydrogen) atoms. The maximum Gasteiger partial charge on any atom is 0.131 e. The summed E-state index contributed by atoms with van der Waals surface area (Å²) in [7, 11) is 1.94. The molecule has 1 aromatic rings. The van der Waals surface area contributed by atoms with Crippen LogP contribution in [0, 0.1) is 5.82 Å². The van der Waals surface area contributed by atoms with Gasteiger partial charge in [-0.1, -0.05) is 15.9 Å². The highest BCUT2D eigenvalue weighted by Gasteiger charge is 2.05. The highest BCUT2D eigenvalue weighted by atomic mass is 79.9. The van der Waals surface area contributed by atoms with Gasteiger partial charge in [0.25, 0.3) is 0 Å². The van der Waals surface area contributed by atoms with Crippen LogP contribution in [0.1, 0.15) is 18.9 Å². The van der Waals surface area contributed by atoms with E-state index in [1.165, 1.54) is 6.07 Å². The van der Waals surface area contributed by atoms with Crippen molar-refractivity contribution < 1.29 is 9.18 Å². The number of rotatable bonds is 6. The monoisotopic (exact) mass is 301 g/mol. The molecule has 0 heterocycles. The second-order valence-electron chi connectivity index (χ2n) is 4.24. The third kappa shape index (κ3) is 5.41. The minimum Gasteiger partial charge on any atom is -0.306 e. The number of ketones is 1. The van der Waals surface area contributed by atoms with Gasteiger partial charge in [0, 0.05) is 24.0 Å². The first kappa shape index (κ1) is 14.3. The highest BCUT2D eigenvalue weighted by molar-refractivity contribution is 9.10. The molecule has 0 unspecified atom stereocenters. The summed E-state index contributed by atoms with van der Waals surface area (Å²) in [6.07, 6.45) is 1.21. The van der Waals surface area contributed by atoms with E-state index in [2.05, 4.69) is 15.9 Å². The number of carbonyl (C=O) groups excluding carboxylic acids is 1. The molecule has 0 aliphatic heterocycles. The molecule has 1 rings (SSSR count). The van der Waals surface area contributed by atoms with Gasteiger partial charge >= 0.3 is 0 Å².